The first-order chi connectivity index (χ1) is 12.1. The van der Waals surface area contributed by atoms with Crippen LogP contribution in [0, 0.1) is 17.0 Å². The van der Waals surface area contributed by atoms with E-state index >= 15 is 0 Å². The molecule has 3 aromatic carbocycles. The molecule has 0 N–H and O–H groups in total. The smallest absolute Gasteiger partial charge is 0.258 e. The van der Waals surface area contributed by atoms with Gasteiger partial charge in [0.1, 0.15) is 0 Å². The van der Waals surface area contributed by atoms with E-state index in [1.807, 2.05) is 67.6 Å². The first-order valence-corrected chi connectivity index (χ1v) is 8.55. The van der Waals surface area contributed by atoms with E-state index in [1.165, 1.54) is 11.8 Å². The molecule has 0 heterocycles. The zero-order valence-corrected chi connectivity index (χ0v) is 14.4. The molecule has 124 valence electrons. The van der Waals surface area contributed by atoms with Crippen molar-refractivity contribution in [2.75, 3.05) is 0 Å². The molecule has 0 saturated carbocycles. The minimum absolute atomic E-state index is 0.0849. The van der Waals surface area contributed by atoms with Crippen molar-refractivity contribution >= 4 is 29.4 Å². The molecule has 0 unspecified atom stereocenters. The highest BCUT2D eigenvalue weighted by Gasteiger charge is 2.15. The summed E-state index contributed by atoms with van der Waals surface area (Å²) in [6.07, 6.45) is 1.65. The average Bonchev–Trinajstić information content (AvgIpc) is 2.63. The Morgan fingerprint density at radius 3 is 2.40 bits per heavy atom. The molecule has 3 aromatic rings. The second kappa shape index (κ2) is 7.77. The maximum Gasteiger partial charge on any atom is 0.283 e. The number of benzene rings is 3. The molecule has 0 aliphatic rings. The molecular formula is C20H16N2O2S. The maximum atomic E-state index is 11.4. The van der Waals surface area contributed by atoms with Crippen LogP contribution in [0.1, 0.15) is 11.1 Å². The average molecular weight is 348 g/mol. The molecule has 5 heteroatoms. The first-order valence-electron chi connectivity index (χ1n) is 7.74. The lowest BCUT2D eigenvalue weighted by Gasteiger charge is -2.04. The second-order valence-electron chi connectivity index (χ2n) is 5.49. The van der Waals surface area contributed by atoms with E-state index in [4.69, 9.17) is 0 Å². The third kappa shape index (κ3) is 4.55. The highest BCUT2D eigenvalue weighted by molar-refractivity contribution is 7.99. The van der Waals surface area contributed by atoms with Crippen LogP contribution in [0.4, 0.5) is 11.4 Å². The highest BCUT2D eigenvalue weighted by Crippen LogP contribution is 2.35. The summed E-state index contributed by atoms with van der Waals surface area (Å²) in [5.41, 5.74) is 2.76. The van der Waals surface area contributed by atoms with E-state index in [0.717, 1.165) is 16.1 Å². The van der Waals surface area contributed by atoms with E-state index in [-0.39, 0.29) is 10.6 Å². The van der Waals surface area contributed by atoms with Crippen molar-refractivity contribution in [2.45, 2.75) is 16.7 Å². The van der Waals surface area contributed by atoms with Gasteiger partial charge >= 0.3 is 0 Å². The lowest BCUT2D eigenvalue weighted by Crippen LogP contribution is -1.93. The number of nitro benzene ring substituents is 1. The minimum atomic E-state index is -0.353. The number of nitrogens with zero attached hydrogens (tertiary/aromatic N) is 2. The van der Waals surface area contributed by atoms with Crippen LogP contribution in [0.15, 0.2) is 87.6 Å². The number of hydrogen-bond donors (Lipinski definition) is 0. The monoisotopic (exact) mass is 348 g/mol. The van der Waals surface area contributed by atoms with Gasteiger partial charge in [0.15, 0.2) is 0 Å². The van der Waals surface area contributed by atoms with Gasteiger partial charge in [-0.25, -0.2) is 0 Å². The summed E-state index contributed by atoms with van der Waals surface area (Å²) in [6, 6.07) is 22.6. The molecule has 0 spiro atoms. The fourth-order valence-corrected chi connectivity index (χ4v) is 3.16. The van der Waals surface area contributed by atoms with Crippen molar-refractivity contribution in [3.8, 4) is 0 Å². The van der Waals surface area contributed by atoms with Crippen molar-refractivity contribution < 1.29 is 4.92 Å². The third-order valence-electron chi connectivity index (χ3n) is 3.55. The number of aryl methyl sites for hydroxylation is 1. The van der Waals surface area contributed by atoms with Crippen LogP contribution < -0.4 is 0 Å². The van der Waals surface area contributed by atoms with Crippen molar-refractivity contribution in [3.05, 3.63) is 94.0 Å². The van der Waals surface area contributed by atoms with Crippen molar-refractivity contribution in [3.63, 3.8) is 0 Å². The maximum absolute atomic E-state index is 11.4. The summed E-state index contributed by atoms with van der Waals surface area (Å²) in [5.74, 6) is 0. The number of rotatable bonds is 5. The Bertz CT molecular complexity index is 907. The summed E-state index contributed by atoms with van der Waals surface area (Å²) in [4.78, 5) is 17.0. The topological polar surface area (TPSA) is 55.5 Å². The molecule has 4 nitrogen and oxygen atoms in total. The third-order valence-corrected chi connectivity index (χ3v) is 4.62. The standard InChI is InChI=1S/C20H16N2O2S/c1-15-7-10-17(11-8-15)21-14-16-9-12-20(19(13-16)22(23)24)25-18-5-3-2-4-6-18/h2-14H,1H3. The first kappa shape index (κ1) is 16.9. The molecule has 25 heavy (non-hydrogen) atoms. The Labute approximate surface area is 150 Å². The van der Waals surface area contributed by atoms with Gasteiger partial charge in [-0.1, -0.05) is 53.7 Å². The predicted octanol–water partition coefficient (Wildman–Crippen LogP) is 5.81. The number of hydrogen-bond acceptors (Lipinski definition) is 4. The van der Waals surface area contributed by atoms with Gasteiger partial charge in [0.05, 0.1) is 15.5 Å². The minimum Gasteiger partial charge on any atom is -0.258 e. The zero-order chi connectivity index (χ0) is 17.6. The van der Waals surface area contributed by atoms with Crippen molar-refractivity contribution in [2.24, 2.45) is 4.99 Å². The summed E-state index contributed by atoms with van der Waals surface area (Å²) in [7, 11) is 0. The van der Waals surface area contributed by atoms with Gasteiger partial charge in [0.2, 0.25) is 0 Å². The van der Waals surface area contributed by atoms with Crippen LogP contribution >= 0.6 is 11.8 Å². The Morgan fingerprint density at radius 2 is 1.72 bits per heavy atom. The summed E-state index contributed by atoms with van der Waals surface area (Å²) >= 11 is 1.38. The second-order valence-corrected chi connectivity index (χ2v) is 6.61. The predicted molar refractivity (Wildman–Crippen MR) is 102 cm³/mol. The SMILES string of the molecule is Cc1ccc(N=Cc2ccc(Sc3ccccc3)c([N+](=O)[O-])c2)cc1. The summed E-state index contributed by atoms with van der Waals surface area (Å²) < 4.78 is 0. The molecule has 0 atom stereocenters. The van der Waals surface area contributed by atoms with E-state index in [2.05, 4.69) is 4.99 Å². The lowest BCUT2D eigenvalue weighted by atomic mass is 10.2. The fraction of sp³-hybridized carbons (Fsp3) is 0.0500. The molecule has 0 aliphatic heterocycles. The van der Waals surface area contributed by atoms with Gasteiger partial charge in [-0.15, -0.1) is 0 Å². The van der Waals surface area contributed by atoms with E-state index in [0.29, 0.717) is 10.5 Å². The number of nitro groups is 1. The van der Waals surface area contributed by atoms with Crippen LogP contribution in [0.25, 0.3) is 0 Å². The van der Waals surface area contributed by atoms with Gasteiger partial charge in [-0.2, -0.15) is 0 Å². The molecule has 0 saturated heterocycles. The Morgan fingerprint density at radius 1 is 1.00 bits per heavy atom. The quantitative estimate of drug-likeness (QED) is 0.332. The van der Waals surface area contributed by atoms with Crippen LogP contribution in [-0.4, -0.2) is 11.1 Å². The van der Waals surface area contributed by atoms with Gasteiger partial charge < -0.3 is 0 Å². The Hall–Kier alpha value is -2.92. The molecule has 0 aromatic heterocycles. The Balaban J connectivity index is 1.86. The van der Waals surface area contributed by atoms with Crippen LogP contribution in [0.2, 0.25) is 0 Å². The zero-order valence-electron chi connectivity index (χ0n) is 13.6. The molecular weight excluding hydrogens is 332 g/mol. The lowest BCUT2D eigenvalue weighted by molar-refractivity contribution is -0.387. The van der Waals surface area contributed by atoms with E-state index in [1.54, 1.807) is 18.3 Å². The van der Waals surface area contributed by atoms with Crippen LogP contribution in [-0.2, 0) is 0 Å². The molecule has 3 rings (SSSR count). The van der Waals surface area contributed by atoms with Gasteiger partial charge in [0.25, 0.3) is 5.69 Å². The van der Waals surface area contributed by atoms with Gasteiger partial charge in [-0.05, 0) is 42.8 Å². The number of aliphatic imine (C=N–C) groups is 1. The van der Waals surface area contributed by atoms with Gasteiger partial charge in [-0.3, -0.25) is 15.1 Å². The molecule has 0 amide bonds. The Kier molecular flexibility index (Phi) is 5.26. The highest BCUT2D eigenvalue weighted by atomic mass is 32.2. The van der Waals surface area contributed by atoms with Crippen LogP contribution in [0.3, 0.4) is 0 Å². The fourth-order valence-electron chi connectivity index (χ4n) is 2.24. The summed E-state index contributed by atoms with van der Waals surface area (Å²) in [5, 5.41) is 11.4. The summed E-state index contributed by atoms with van der Waals surface area (Å²) in [6.45, 7) is 2.01. The normalized spacial score (nSPS) is 10.9. The molecule has 0 radical (unpaired) electrons. The largest absolute Gasteiger partial charge is 0.283 e. The molecule has 0 aliphatic carbocycles. The van der Waals surface area contributed by atoms with Gasteiger partial charge in [0, 0.05) is 17.2 Å². The van der Waals surface area contributed by atoms with E-state index in [9.17, 15) is 10.1 Å². The molecule has 0 bridgehead atoms. The van der Waals surface area contributed by atoms with E-state index < -0.39 is 0 Å². The molecule has 0 fully saturated rings. The van der Waals surface area contributed by atoms with Crippen LogP contribution in [0.5, 0.6) is 0 Å². The van der Waals surface area contributed by atoms with Crippen molar-refractivity contribution in [1.82, 2.24) is 0 Å². The van der Waals surface area contributed by atoms with Crippen molar-refractivity contribution in [1.29, 1.82) is 0 Å².